The number of likely N-dealkylation sites (tertiary alicyclic amines) is 1. The number of nitro benzene ring substituents is 1. The number of aliphatic hydroxyl groups excluding tert-OH is 1. The summed E-state index contributed by atoms with van der Waals surface area (Å²) in [7, 11) is 4.94. The maximum Gasteiger partial charge on any atom is 0.270 e. The number of aliphatic hydroxyl groups is 1. The first-order chi connectivity index (χ1) is 15.8. The van der Waals surface area contributed by atoms with E-state index in [-0.39, 0.29) is 40.8 Å². The third-order valence-corrected chi connectivity index (χ3v) is 6.87. The standard InChI is InChI=1S/C23H23BrN2O7/c1-25-7-6-14(16(25)11-27)21-19(31-2)10-20(32-3)22-17(28)9-18(33-23(21)22)13-5-4-12(26(29)30)8-15(13)24/h4-5,8-10,14,16,27H,6-7,11H2,1-3H3/t14?,16-/m1/s1. The monoisotopic (exact) mass is 518 g/mol. The van der Waals surface area contributed by atoms with Crippen LogP contribution in [0, 0.1) is 10.1 Å². The highest BCUT2D eigenvalue weighted by atomic mass is 79.9. The van der Waals surface area contributed by atoms with E-state index in [1.807, 2.05) is 7.05 Å². The van der Waals surface area contributed by atoms with Crippen LogP contribution in [-0.4, -0.2) is 55.4 Å². The molecule has 0 bridgehead atoms. The molecular weight excluding hydrogens is 496 g/mol. The van der Waals surface area contributed by atoms with Crippen molar-refractivity contribution in [3.63, 3.8) is 0 Å². The number of hydrogen-bond acceptors (Lipinski definition) is 8. The van der Waals surface area contributed by atoms with Crippen molar-refractivity contribution < 1.29 is 23.9 Å². The minimum Gasteiger partial charge on any atom is -0.496 e. The molecule has 33 heavy (non-hydrogen) atoms. The number of benzene rings is 2. The molecule has 0 saturated carbocycles. The second-order valence-corrected chi connectivity index (χ2v) is 8.78. The summed E-state index contributed by atoms with van der Waals surface area (Å²) >= 11 is 3.35. The average Bonchev–Trinajstić information content (AvgIpc) is 3.17. The van der Waals surface area contributed by atoms with Crippen LogP contribution in [0.3, 0.4) is 0 Å². The first-order valence-electron chi connectivity index (χ1n) is 10.3. The summed E-state index contributed by atoms with van der Waals surface area (Å²) in [6, 6.07) is 7.09. The molecule has 0 amide bonds. The normalized spacial score (nSPS) is 18.6. The number of fused-ring (bicyclic) bond motifs is 1. The third kappa shape index (κ3) is 3.98. The van der Waals surface area contributed by atoms with Crippen LogP contribution in [0.2, 0.25) is 0 Å². The van der Waals surface area contributed by atoms with Crippen LogP contribution in [0.1, 0.15) is 17.9 Å². The molecule has 4 rings (SSSR count). The van der Waals surface area contributed by atoms with Gasteiger partial charge in [-0.2, -0.15) is 0 Å². The van der Waals surface area contributed by atoms with Crippen LogP contribution in [0.4, 0.5) is 5.69 Å². The van der Waals surface area contributed by atoms with Crippen molar-refractivity contribution in [3.8, 4) is 22.8 Å². The van der Waals surface area contributed by atoms with Gasteiger partial charge in [0.1, 0.15) is 28.2 Å². The van der Waals surface area contributed by atoms with Crippen molar-refractivity contribution in [1.29, 1.82) is 0 Å². The van der Waals surface area contributed by atoms with Gasteiger partial charge < -0.3 is 23.9 Å². The maximum atomic E-state index is 13.3. The maximum absolute atomic E-state index is 13.3. The van der Waals surface area contributed by atoms with Gasteiger partial charge in [-0.15, -0.1) is 0 Å². The first-order valence-corrected chi connectivity index (χ1v) is 11.1. The average molecular weight is 519 g/mol. The lowest BCUT2D eigenvalue weighted by Crippen LogP contribution is -2.32. The number of methoxy groups -OCH3 is 2. The van der Waals surface area contributed by atoms with Crippen LogP contribution in [0.15, 0.2) is 44.0 Å². The van der Waals surface area contributed by atoms with Crippen LogP contribution in [0.5, 0.6) is 11.5 Å². The van der Waals surface area contributed by atoms with Crippen molar-refractivity contribution in [2.45, 2.75) is 18.4 Å². The van der Waals surface area contributed by atoms with E-state index in [2.05, 4.69) is 20.8 Å². The second-order valence-electron chi connectivity index (χ2n) is 7.92. The smallest absolute Gasteiger partial charge is 0.270 e. The van der Waals surface area contributed by atoms with Crippen molar-refractivity contribution in [2.75, 3.05) is 34.4 Å². The van der Waals surface area contributed by atoms with Gasteiger partial charge in [0.2, 0.25) is 0 Å². The van der Waals surface area contributed by atoms with Crippen LogP contribution < -0.4 is 14.9 Å². The Kier molecular flexibility index (Phi) is 6.42. The Balaban J connectivity index is 2.03. The highest BCUT2D eigenvalue weighted by Gasteiger charge is 2.37. The summed E-state index contributed by atoms with van der Waals surface area (Å²) in [5, 5.41) is 21.4. The highest BCUT2D eigenvalue weighted by molar-refractivity contribution is 9.10. The molecule has 0 aliphatic carbocycles. The van der Waals surface area contributed by atoms with Gasteiger partial charge >= 0.3 is 0 Å². The lowest BCUT2D eigenvalue weighted by atomic mass is 9.89. The van der Waals surface area contributed by atoms with Gasteiger partial charge in [0.15, 0.2) is 5.43 Å². The Hall–Kier alpha value is -2.95. The molecule has 1 aliphatic heterocycles. The number of nitrogens with zero attached hydrogens (tertiary/aromatic N) is 2. The zero-order valence-electron chi connectivity index (χ0n) is 18.3. The number of ether oxygens (including phenoxy) is 2. The quantitative estimate of drug-likeness (QED) is 0.385. The fraction of sp³-hybridized carbons (Fsp3) is 0.348. The van der Waals surface area contributed by atoms with E-state index in [1.54, 1.807) is 6.07 Å². The van der Waals surface area contributed by atoms with E-state index in [0.717, 1.165) is 13.0 Å². The number of nitro groups is 1. The van der Waals surface area contributed by atoms with Gasteiger partial charge in [0.25, 0.3) is 5.69 Å². The van der Waals surface area contributed by atoms with Crippen LogP contribution >= 0.6 is 15.9 Å². The number of likely N-dealkylation sites (N-methyl/N-ethyl adjacent to an activating group) is 1. The molecule has 2 heterocycles. The Morgan fingerprint density at radius 2 is 1.97 bits per heavy atom. The largest absolute Gasteiger partial charge is 0.496 e. The molecule has 1 saturated heterocycles. The van der Waals surface area contributed by atoms with Gasteiger partial charge in [-0.3, -0.25) is 14.9 Å². The molecule has 0 radical (unpaired) electrons. The molecule has 1 fully saturated rings. The lowest BCUT2D eigenvalue weighted by Gasteiger charge is -2.25. The Morgan fingerprint density at radius 3 is 2.58 bits per heavy atom. The summed E-state index contributed by atoms with van der Waals surface area (Å²) in [5.41, 5.74) is 1.10. The predicted molar refractivity (Wildman–Crippen MR) is 126 cm³/mol. The third-order valence-electron chi connectivity index (χ3n) is 6.22. The van der Waals surface area contributed by atoms with Crippen molar-refractivity contribution in [3.05, 3.63) is 60.7 Å². The van der Waals surface area contributed by atoms with Crippen LogP contribution in [-0.2, 0) is 0 Å². The molecule has 1 aliphatic rings. The summed E-state index contributed by atoms with van der Waals surface area (Å²) in [6.07, 6.45) is 0.745. The Bertz CT molecular complexity index is 1290. The van der Waals surface area contributed by atoms with E-state index in [9.17, 15) is 20.0 Å². The number of hydrogen-bond donors (Lipinski definition) is 1. The topological polar surface area (TPSA) is 115 Å². The Morgan fingerprint density at radius 1 is 1.24 bits per heavy atom. The van der Waals surface area contributed by atoms with Gasteiger partial charge in [-0.1, -0.05) is 0 Å². The molecule has 3 aromatic rings. The zero-order valence-corrected chi connectivity index (χ0v) is 19.9. The number of non-ortho nitro benzene ring substituents is 1. The minimum absolute atomic E-state index is 0.0599. The molecule has 2 aromatic carbocycles. The lowest BCUT2D eigenvalue weighted by molar-refractivity contribution is -0.384. The molecular formula is C23H23BrN2O7. The van der Waals surface area contributed by atoms with Crippen molar-refractivity contribution in [2.24, 2.45) is 0 Å². The predicted octanol–water partition coefficient (Wildman–Crippen LogP) is 3.93. The van der Waals surface area contributed by atoms with E-state index >= 15 is 0 Å². The van der Waals surface area contributed by atoms with Gasteiger partial charge in [-0.25, -0.2) is 0 Å². The number of halogens is 1. The van der Waals surface area contributed by atoms with E-state index in [1.165, 1.54) is 38.5 Å². The molecule has 1 aromatic heterocycles. The second kappa shape index (κ2) is 9.12. The fourth-order valence-electron chi connectivity index (χ4n) is 4.54. The molecule has 9 nitrogen and oxygen atoms in total. The minimum atomic E-state index is -0.495. The number of rotatable bonds is 6. The summed E-state index contributed by atoms with van der Waals surface area (Å²) in [4.78, 5) is 25.9. The summed E-state index contributed by atoms with van der Waals surface area (Å²) < 4.78 is 17.9. The summed E-state index contributed by atoms with van der Waals surface area (Å²) in [6.45, 7) is 0.708. The summed E-state index contributed by atoms with van der Waals surface area (Å²) in [5.74, 6) is 0.932. The van der Waals surface area contributed by atoms with Gasteiger partial charge in [-0.05, 0) is 42.0 Å². The Labute approximate surface area is 197 Å². The van der Waals surface area contributed by atoms with Crippen molar-refractivity contribution >= 4 is 32.6 Å². The van der Waals surface area contributed by atoms with Crippen molar-refractivity contribution in [1.82, 2.24) is 4.90 Å². The van der Waals surface area contributed by atoms with Gasteiger partial charge in [0, 0.05) is 51.8 Å². The van der Waals surface area contributed by atoms with E-state index < -0.39 is 4.92 Å². The fourth-order valence-corrected chi connectivity index (χ4v) is 5.10. The molecule has 1 N–H and O–H groups in total. The highest BCUT2D eigenvalue weighted by Crippen LogP contribution is 2.45. The molecule has 174 valence electrons. The van der Waals surface area contributed by atoms with E-state index in [4.69, 9.17) is 13.9 Å². The van der Waals surface area contributed by atoms with Crippen LogP contribution in [0.25, 0.3) is 22.3 Å². The first kappa shape index (κ1) is 23.2. The SMILES string of the molecule is COc1cc(OC)c2c(=O)cc(-c3ccc([N+](=O)[O-])cc3Br)oc2c1C1CCN(C)[C@@H]1CO. The molecule has 0 spiro atoms. The molecule has 2 atom stereocenters. The molecule has 1 unspecified atom stereocenters. The zero-order chi connectivity index (χ0) is 23.9. The molecule has 10 heteroatoms. The van der Waals surface area contributed by atoms with E-state index in [0.29, 0.717) is 32.7 Å². The van der Waals surface area contributed by atoms with Gasteiger partial charge in [0.05, 0.1) is 25.7 Å².